The number of carbonyl (C=O) groups excluding carboxylic acids is 2. The maximum Gasteiger partial charge on any atom is 0.338 e. The summed E-state index contributed by atoms with van der Waals surface area (Å²) in [6.07, 6.45) is 1.51. The van der Waals surface area contributed by atoms with Crippen LogP contribution in [0.4, 0.5) is 0 Å². The lowest BCUT2D eigenvalue weighted by Crippen LogP contribution is -2.45. The van der Waals surface area contributed by atoms with Gasteiger partial charge in [-0.2, -0.15) is 0 Å². The standard InChI is InChI=1S/C22H24O4/c1-15-6-10-17(11-7-15)20(23)26-19-5-4-14-22(19,21(24)25-3)18-12-8-16(2)9-13-18/h6-13,19H,4-5,14H2,1-3H3. The van der Waals surface area contributed by atoms with E-state index >= 15 is 0 Å². The quantitative estimate of drug-likeness (QED) is 0.777. The van der Waals surface area contributed by atoms with Gasteiger partial charge >= 0.3 is 11.9 Å². The molecule has 1 saturated carbocycles. The molecule has 1 aliphatic rings. The molecule has 0 saturated heterocycles. The first kappa shape index (κ1) is 18.2. The molecule has 0 radical (unpaired) electrons. The molecule has 4 heteroatoms. The Hall–Kier alpha value is -2.62. The third kappa shape index (κ3) is 3.24. The summed E-state index contributed by atoms with van der Waals surface area (Å²) in [5.41, 5.74) is 2.58. The number of carbonyl (C=O) groups is 2. The Morgan fingerprint density at radius 1 is 0.962 bits per heavy atom. The predicted molar refractivity (Wildman–Crippen MR) is 99.1 cm³/mol. The van der Waals surface area contributed by atoms with Gasteiger partial charge in [0.05, 0.1) is 12.7 Å². The van der Waals surface area contributed by atoms with Gasteiger partial charge in [-0.1, -0.05) is 47.5 Å². The number of hydrogen-bond acceptors (Lipinski definition) is 4. The predicted octanol–water partition coefficient (Wildman–Crippen LogP) is 4.12. The van der Waals surface area contributed by atoms with Crippen LogP contribution in [0.2, 0.25) is 0 Å². The number of aryl methyl sites for hydroxylation is 2. The highest BCUT2D eigenvalue weighted by molar-refractivity contribution is 5.91. The smallest absolute Gasteiger partial charge is 0.338 e. The van der Waals surface area contributed by atoms with Gasteiger partial charge < -0.3 is 9.47 Å². The molecule has 0 bridgehead atoms. The van der Waals surface area contributed by atoms with E-state index in [0.29, 0.717) is 18.4 Å². The third-order valence-electron chi connectivity index (χ3n) is 5.24. The van der Waals surface area contributed by atoms with Gasteiger partial charge in [-0.25, -0.2) is 4.79 Å². The maximum absolute atomic E-state index is 12.8. The van der Waals surface area contributed by atoms with Crippen LogP contribution in [0.1, 0.15) is 46.3 Å². The molecule has 136 valence electrons. The van der Waals surface area contributed by atoms with Gasteiger partial charge in [0, 0.05) is 0 Å². The second-order valence-corrected chi connectivity index (χ2v) is 6.98. The molecule has 0 heterocycles. The van der Waals surface area contributed by atoms with Gasteiger partial charge in [0.1, 0.15) is 11.5 Å². The molecule has 0 aliphatic heterocycles. The summed E-state index contributed by atoms with van der Waals surface area (Å²) in [5, 5.41) is 0. The molecule has 2 atom stereocenters. The minimum atomic E-state index is -0.942. The lowest BCUT2D eigenvalue weighted by Gasteiger charge is -2.32. The van der Waals surface area contributed by atoms with E-state index in [2.05, 4.69) is 0 Å². The summed E-state index contributed by atoms with van der Waals surface area (Å²) in [7, 11) is 1.38. The van der Waals surface area contributed by atoms with Gasteiger partial charge in [-0.05, 0) is 50.8 Å². The average Bonchev–Trinajstić information content (AvgIpc) is 3.06. The Kier molecular flexibility index (Phi) is 5.12. The van der Waals surface area contributed by atoms with Crippen molar-refractivity contribution in [3.05, 3.63) is 70.8 Å². The van der Waals surface area contributed by atoms with E-state index < -0.39 is 17.5 Å². The van der Waals surface area contributed by atoms with Crippen molar-refractivity contribution in [2.24, 2.45) is 0 Å². The highest BCUT2D eigenvalue weighted by atomic mass is 16.6. The fourth-order valence-electron chi connectivity index (χ4n) is 3.73. The molecule has 0 amide bonds. The Labute approximate surface area is 154 Å². The van der Waals surface area contributed by atoms with Gasteiger partial charge in [0.25, 0.3) is 0 Å². The molecule has 26 heavy (non-hydrogen) atoms. The topological polar surface area (TPSA) is 52.6 Å². The Bertz CT molecular complexity index is 792. The fraction of sp³-hybridized carbons (Fsp3) is 0.364. The van der Waals surface area contributed by atoms with Crippen LogP contribution in [0.3, 0.4) is 0 Å². The largest absolute Gasteiger partial charge is 0.468 e. The van der Waals surface area contributed by atoms with Crippen LogP contribution >= 0.6 is 0 Å². The van der Waals surface area contributed by atoms with Crippen molar-refractivity contribution in [2.75, 3.05) is 7.11 Å². The number of hydrogen-bond donors (Lipinski definition) is 0. The van der Waals surface area contributed by atoms with Crippen molar-refractivity contribution in [2.45, 2.75) is 44.6 Å². The van der Waals surface area contributed by atoms with Gasteiger partial charge in [-0.3, -0.25) is 4.79 Å². The van der Waals surface area contributed by atoms with E-state index in [1.807, 2.05) is 50.2 Å². The lowest BCUT2D eigenvalue weighted by atomic mass is 9.76. The van der Waals surface area contributed by atoms with Crippen LogP contribution in [-0.2, 0) is 19.7 Å². The van der Waals surface area contributed by atoms with Crippen LogP contribution in [0.5, 0.6) is 0 Å². The summed E-state index contributed by atoms with van der Waals surface area (Å²) in [6, 6.07) is 15.1. The van der Waals surface area contributed by atoms with E-state index in [-0.39, 0.29) is 5.97 Å². The van der Waals surface area contributed by atoms with Crippen LogP contribution in [-0.4, -0.2) is 25.2 Å². The number of methoxy groups -OCH3 is 1. The molecule has 0 aromatic heterocycles. The first-order valence-corrected chi connectivity index (χ1v) is 8.90. The van der Waals surface area contributed by atoms with E-state index in [0.717, 1.165) is 23.1 Å². The lowest BCUT2D eigenvalue weighted by molar-refractivity contribution is -0.151. The van der Waals surface area contributed by atoms with Crippen molar-refractivity contribution in [3.8, 4) is 0 Å². The van der Waals surface area contributed by atoms with Crippen molar-refractivity contribution in [1.29, 1.82) is 0 Å². The fourth-order valence-corrected chi connectivity index (χ4v) is 3.73. The van der Waals surface area contributed by atoms with E-state index in [9.17, 15) is 9.59 Å². The molecule has 2 unspecified atom stereocenters. The summed E-state index contributed by atoms with van der Waals surface area (Å²) >= 11 is 0. The zero-order valence-electron chi connectivity index (χ0n) is 15.5. The first-order chi connectivity index (χ1) is 12.5. The van der Waals surface area contributed by atoms with Crippen LogP contribution < -0.4 is 0 Å². The van der Waals surface area contributed by atoms with Crippen LogP contribution in [0.15, 0.2) is 48.5 Å². The van der Waals surface area contributed by atoms with Gasteiger partial charge in [0.2, 0.25) is 0 Å². The molecule has 1 aliphatic carbocycles. The summed E-state index contributed by atoms with van der Waals surface area (Å²) in [4.78, 5) is 25.4. The Morgan fingerprint density at radius 2 is 1.54 bits per heavy atom. The minimum absolute atomic E-state index is 0.347. The number of rotatable bonds is 4. The molecular weight excluding hydrogens is 328 g/mol. The first-order valence-electron chi connectivity index (χ1n) is 8.90. The zero-order chi connectivity index (χ0) is 18.7. The van der Waals surface area contributed by atoms with Crippen molar-refractivity contribution < 1.29 is 19.1 Å². The molecule has 2 aromatic carbocycles. The second kappa shape index (κ2) is 7.32. The van der Waals surface area contributed by atoms with E-state index in [1.165, 1.54) is 7.11 Å². The summed E-state index contributed by atoms with van der Waals surface area (Å²) in [5.74, 6) is -0.752. The number of ether oxygens (including phenoxy) is 2. The summed E-state index contributed by atoms with van der Waals surface area (Å²) < 4.78 is 10.9. The van der Waals surface area contributed by atoms with E-state index in [4.69, 9.17) is 9.47 Å². The molecule has 4 nitrogen and oxygen atoms in total. The summed E-state index contributed by atoms with van der Waals surface area (Å²) in [6.45, 7) is 3.96. The molecule has 3 rings (SSSR count). The average molecular weight is 352 g/mol. The monoisotopic (exact) mass is 352 g/mol. The molecule has 1 fully saturated rings. The minimum Gasteiger partial charge on any atom is -0.468 e. The molecule has 2 aromatic rings. The SMILES string of the molecule is COC(=O)C1(c2ccc(C)cc2)CCCC1OC(=O)c1ccc(C)cc1. The van der Waals surface area contributed by atoms with E-state index in [1.54, 1.807) is 12.1 Å². The number of esters is 2. The second-order valence-electron chi connectivity index (χ2n) is 6.98. The van der Waals surface area contributed by atoms with Crippen LogP contribution in [0, 0.1) is 13.8 Å². The Balaban J connectivity index is 1.93. The van der Waals surface area contributed by atoms with Crippen molar-refractivity contribution in [3.63, 3.8) is 0 Å². The molecular formula is C22H24O4. The van der Waals surface area contributed by atoms with Crippen LogP contribution in [0.25, 0.3) is 0 Å². The Morgan fingerprint density at radius 3 is 2.12 bits per heavy atom. The van der Waals surface area contributed by atoms with Crippen molar-refractivity contribution in [1.82, 2.24) is 0 Å². The maximum atomic E-state index is 12.8. The number of benzene rings is 2. The third-order valence-corrected chi connectivity index (χ3v) is 5.24. The van der Waals surface area contributed by atoms with Crippen molar-refractivity contribution >= 4 is 11.9 Å². The zero-order valence-corrected chi connectivity index (χ0v) is 15.5. The highest BCUT2D eigenvalue weighted by Crippen LogP contribution is 2.44. The molecule has 0 N–H and O–H groups in total. The normalized spacial score (nSPS) is 22.0. The van der Waals surface area contributed by atoms with Gasteiger partial charge in [-0.15, -0.1) is 0 Å². The van der Waals surface area contributed by atoms with Gasteiger partial charge in [0.15, 0.2) is 0 Å². The highest BCUT2D eigenvalue weighted by Gasteiger charge is 2.53. The molecule has 0 spiro atoms.